The van der Waals surface area contributed by atoms with E-state index in [0.29, 0.717) is 17.1 Å². The molecule has 31 heavy (non-hydrogen) atoms. The Labute approximate surface area is 182 Å². The number of aromatic nitrogens is 3. The fourth-order valence-electron chi connectivity index (χ4n) is 3.95. The Bertz CT molecular complexity index is 1150. The number of phenols is 1. The molecule has 0 saturated carbocycles. The number of ether oxygens (including phenoxy) is 2. The molecule has 1 saturated heterocycles. The normalized spacial score (nSPS) is 19.5. The fraction of sp³-hybridized carbons (Fsp3) is 0.458. The Morgan fingerprint density at radius 3 is 2.23 bits per heavy atom. The van der Waals surface area contributed by atoms with Crippen LogP contribution in [0.2, 0.25) is 0 Å². The Morgan fingerprint density at radius 1 is 1.10 bits per heavy atom. The van der Waals surface area contributed by atoms with Crippen LogP contribution in [0.15, 0.2) is 30.5 Å². The van der Waals surface area contributed by atoms with Crippen molar-refractivity contribution in [3.05, 3.63) is 41.6 Å². The van der Waals surface area contributed by atoms with Crippen LogP contribution < -0.4 is 0 Å². The number of fused-ring (bicyclic) bond motifs is 1. The SMILES string of the molecule is CC(C)(C)c1cc(-c2nn(C3(C)COC(=O)O3)c3ncccc23)cc(C(C)(C)C)c1O. The number of pyridine rings is 1. The zero-order valence-corrected chi connectivity index (χ0v) is 19.1. The van der Waals surface area contributed by atoms with Crippen molar-refractivity contribution >= 4 is 17.2 Å². The van der Waals surface area contributed by atoms with E-state index in [4.69, 9.17) is 14.6 Å². The Kier molecular flexibility index (Phi) is 4.57. The predicted molar refractivity (Wildman–Crippen MR) is 118 cm³/mol. The van der Waals surface area contributed by atoms with Gasteiger partial charge in [-0.1, -0.05) is 41.5 Å². The third kappa shape index (κ3) is 3.52. The number of nitrogens with zero attached hydrogens (tertiary/aromatic N) is 3. The number of phenolic OH excluding ortho intramolecular Hbond substituents is 1. The summed E-state index contributed by atoms with van der Waals surface area (Å²) in [5.74, 6) is 0.315. The van der Waals surface area contributed by atoms with Crippen molar-refractivity contribution in [1.29, 1.82) is 0 Å². The van der Waals surface area contributed by atoms with Gasteiger partial charge in [0.2, 0.25) is 5.72 Å². The summed E-state index contributed by atoms with van der Waals surface area (Å²) in [5, 5.41) is 16.8. The highest BCUT2D eigenvalue weighted by atomic mass is 16.8. The van der Waals surface area contributed by atoms with E-state index in [1.54, 1.807) is 17.8 Å². The van der Waals surface area contributed by atoms with Gasteiger partial charge in [0.1, 0.15) is 11.4 Å². The molecular formula is C24H29N3O4. The number of benzene rings is 1. The van der Waals surface area contributed by atoms with Gasteiger partial charge in [-0.3, -0.25) is 0 Å². The molecule has 7 nitrogen and oxygen atoms in total. The molecule has 1 unspecified atom stereocenters. The van der Waals surface area contributed by atoms with Crippen molar-refractivity contribution in [2.45, 2.75) is 65.0 Å². The average molecular weight is 424 g/mol. The molecule has 3 aromatic rings. The molecule has 1 aromatic carbocycles. The molecule has 7 heteroatoms. The first-order chi connectivity index (χ1) is 14.3. The minimum atomic E-state index is -1.08. The first-order valence-electron chi connectivity index (χ1n) is 10.4. The van der Waals surface area contributed by atoms with Crippen LogP contribution in [0.5, 0.6) is 5.75 Å². The second kappa shape index (κ2) is 6.70. The molecule has 1 N–H and O–H groups in total. The van der Waals surface area contributed by atoms with Crippen LogP contribution in [0.3, 0.4) is 0 Å². The van der Waals surface area contributed by atoms with Crippen LogP contribution in [0, 0.1) is 0 Å². The molecular weight excluding hydrogens is 394 g/mol. The van der Waals surface area contributed by atoms with Gasteiger partial charge in [-0.05, 0) is 35.1 Å². The Hall–Kier alpha value is -3.09. The third-order valence-electron chi connectivity index (χ3n) is 5.65. The summed E-state index contributed by atoms with van der Waals surface area (Å²) >= 11 is 0. The van der Waals surface area contributed by atoms with E-state index >= 15 is 0 Å². The van der Waals surface area contributed by atoms with E-state index < -0.39 is 11.9 Å². The molecule has 1 atom stereocenters. The van der Waals surface area contributed by atoms with Gasteiger partial charge in [0.15, 0.2) is 12.3 Å². The van der Waals surface area contributed by atoms with Crippen molar-refractivity contribution in [1.82, 2.24) is 14.8 Å². The van der Waals surface area contributed by atoms with Crippen LogP contribution in [0.25, 0.3) is 22.3 Å². The van der Waals surface area contributed by atoms with Gasteiger partial charge in [0.05, 0.1) is 0 Å². The zero-order valence-electron chi connectivity index (χ0n) is 19.1. The average Bonchev–Trinajstić information content (AvgIpc) is 3.21. The first kappa shape index (κ1) is 21.2. The minimum absolute atomic E-state index is 0.0503. The van der Waals surface area contributed by atoms with E-state index in [1.165, 1.54) is 0 Å². The van der Waals surface area contributed by atoms with Crippen LogP contribution in [0.4, 0.5) is 4.79 Å². The highest BCUT2D eigenvalue weighted by molar-refractivity contribution is 5.92. The molecule has 0 bridgehead atoms. The highest BCUT2D eigenvalue weighted by Crippen LogP contribution is 2.43. The number of hydrogen-bond donors (Lipinski definition) is 1. The molecule has 1 aliphatic heterocycles. The topological polar surface area (TPSA) is 86.5 Å². The molecule has 0 spiro atoms. The van der Waals surface area contributed by atoms with Crippen LogP contribution in [0.1, 0.15) is 59.6 Å². The van der Waals surface area contributed by atoms with Gasteiger partial charge < -0.3 is 14.6 Å². The summed E-state index contributed by atoms with van der Waals surface area (Å²) in [6, 6.07) is 7.78. The Balaban J connectivity index is 2.01. The van der Waals surface area contributed by atoms with Crippen molar-refractivity contribution < 1.29 is 19.4 Å². The van der Waals surface area contributed by atoms with E-state index in [1.807, 2.05) is 24.3 Å². The second-order valence-electron chi connectivity index (χ2n) is 10.4. The number of cyclic esters (lactones) is 2. The summed E-state index contributed by atoms with van der Waals surface area (Å²) in [4.78, 5) is 16.2. The smallest absolute Gasteiger partial charge is 0.507 e. The predicted octanol–water partition coefficient (Wildman–Crippen LogP) is 5.24. The molecule has 3 heterocycles. The van der Waals surface area contributed by atoms with E-state index in [2.05, 4.69) is 46.5 Å². The van der Waals surface area contributed by atoms with Gasteiger partial charge in [-0.15, -0.1) is 0 Å². The lowest BCUT2D eigenvalue weighted by Crippen LogP contribution is -2.33. The van der Waals surface area contributed by atoms with Gasteiger partial charge in [0.25, 0.3) is 0 Å². The Morgan fingerprint density at radius 2 is 1.71 bits per heavy atom. The molecule has 0 aliphatic carbocycles. The van der Waals surface area contributed by atoms with Crippen molar-refractivity contribution in [3.63, 3.8) is 0 Å². The van der Waals surface area contributed by atoms with Gasteiger partial charge in [-0.25, -0.2) is 14.5 Å². The van der Waals surface area contributed by atoms with Crippen LogP contribution in [-0.4, -0.2) is 32.6 Å². The van der Waals surface area contributed by atoms with E-state index in [-0.39, 0.29) is 17.4 Å². The van der Waals surface area contributed by atoms with Gasteiger partial charge >= 0.3 is 6.16 Å². The second-order valence-corrected chi connectivity index (χ2v) is 10.4. The van der Waals surface area contributed by atoms with Crippen LogP contribution in [-0.2, 0) is 26.0 Å². The molecule has 1 fully saturated rings. The van der Waals surface area contributed by atoms with Gasteiger partial charge in [0, 0.05) is 35.2 Å². The molecule has 0 radical (unpaired) electrons. The molecule has 164 valence electrons. The number of aromatic hydroxyl groups is 1. The van der Waals surface area contributed by atoms with Crippen LogP contribution >= 0.6 is 0 Å². The standard InChI is InChI=1S/C24H29N3O4/c1-22(2,3)16-11-14(12-17(19(16)28)23(4,5)6)18-15-9-8-10-25-20(15)27(26-18)24(7)13-30-21(29)31-24/h8-12,28H,13H2,1-7H3. The molecule has 1 aliphatic rings. The van der Waals surface area contributed by atoms with Gasteiger partial charge in [-0.2, -0.15) is 5.10 Å². The van der Waals surface area contributed by atoms with E-state index in [9.17, 15) is 9.90 Å². The molecule has 2 aromatic heterocycles. The lowest BCUT2D eigenvalue weighted by Gasteiger charge is -2.28. The monoisotopic (exact) mass is 423 g/mol. The summed E-state index contributed by atoms with van der Waals surface area (Å²) in [5.41, 5.74) is 2.27. The maximum atomic E-state index is 11.7. The van der Waals surface area contributed by atoms with Crippen molar-refractivity contribution in [3.8, 4) is 17.0 Å². The largest absolute Gasteiger partial charge is 0.510 e. The molecule has 4 rings (SSSR count). The number of carbonyl (C=O) groups excluding carboxylic acids is 1. The number of rotatable bonds is 2. The first-order valence-corrected chi connectivity index (χ1v) is 10.4. The summed E-state index contributed by atoms with van der Waals surface area (Å²) < 4.78 is 12.1. The lowest BCUT2D eigenvalue weighted by atomic mass is 9.78. The number of hydrogen-bond acceptors (Lipinski definition) is 6. The third-order valence-corrected chi connectivity index (χ3v) is 5.65. The number of carbonyl (C=O) groups is 1. The lowest BCUT2D eigenvalue weighted by molar-refractivity contribution is 0.000863. The maximum Gasteiger partial charge on any atom is 0.510 e. The highest BCUT2D eigenvalue weighted by Gasteiger charge is 2.42. The molecule has 0 amide bonds. The van der Waals surface area contributed by atoms with Crippen molar-refractivity contribution in [2.75, 3.05) is 6.61 Å². The minimum Gasteiger partial charge on any atom is -0.507 e. The summed E-state index contributed by atoms with van der Waals surface area (Å²) in [7, 11) is 0. The zero-order chi connectivity index (χ0) is 22.8. The van der Waals surface area contributed by atoms with E-state index in [0.717, 1.165) is 22.1 Å². The summed E-state index contributed by atoms with van der Waals surface area (Å²) in [6.45, 7) is 14.3. The maximum absolute atomic E-state index is 11.7. The summed E-state index contributed by atoms with van der Waals surface area (Å²) in [6.07, 6.45) is 0.960. The quantitative estimate of drug-likeness (QED) is 0.568. The van der Waals surface area contributed by atoms with Crippen molar-refractivity contribution in [2.24, 2.45) is 0 Å². The fourth-order valence-corrected chi connectivity index (χ4v) is 3.95.